The van der Waals surface area contributed by atoms with E-state index in [9.17, 15) is 4.79 Å². The van der Waals surface area contributed by atoms with Gasteiger partial charge in [0.05, 0.1) is 19.2 Å². The number of carbonyl (C=O) groups is 1. The van der Waals surface area contributed by atoms with Crippen molar-refractivity contribution in [2.75, 3.05) is 31.5 Å². The minimum absolute atomic E-state index is 0.0138. The molecule has 0 saturated heterocycles. The molecule has 2 atom stereocenters. The zero-order chi connectivity index (χ0) is 20.2. The Morgan fingerprint density at radius 2 is 1.90 bits per heavy atom. The van der Waals surface area contributed by atoms with Crippen molar-refractivity contribution in [2.45, 2.75) is 18.5 Å². The van der Waals surface area contributed by atoms with E-state index in [0.717, 1.165) is 23.3 Å². The van der Waals surface area contributed by atoms with Gasteiger partial charge in [-0.2, -0.15) is 4.98 Å². The molecule has 8 heteroatoms. The van der Waals surface area contributed by atoms with Gasteiger partial charge in [0, 0.05) is 7.11 Å². The van der Waals surface area contributed by atoms with E-state index in [-0.39, 0.29) is 30.5 Å². The maximum absolute atomic E-state index is 11.9. The van der Waals surface area contributed by atoms with E-state index in [2.05, 4.69) is 32.8 Å². The first kappa shape index (κ1) is 18.9. The SMILES string of the molecule is COCC(=O)Nc1nc2n(n1)[C@@H](c1ccccc1)C[C@@H](c1ccc(OC)cc1)N2. The highest BCUT2D eigenvalue weighted by molar-refractivity contribution is 5.90. The van der Waals surface area contributed by atoms with E-state index in [1.165, 1.54) is 7.11 Å². The highest BCUT2D eigenvalue weighted by atomic mass is 16.5. The van der Waals surface area contributed by atoms with Gasteiger partial charge in [0.1, 0.15) is 12.4 Å². The lowest BCUT2D eigenvalue weighted by Gasteiger charge is -2.31. The summed E-state index contributed by atoms with van der Waals surface area (Å²) in [6.07, 6.45) is 0.790. The molecule has 1 aromatic heterocycles. The van der Waals surface area contributed by atoms with Gasteiger partial charge in [-0.1, -0.05) is 42.5 Å². The van der Waals surface area contributed by atoms with Crippen LogP contribution in [0.25, 0.3) is 0 Å². The highest BCUT2D eigenvalue weighted by Crippen LogP contribution is 2.38. The van der Waals surface area contributed by atoms with Crippen LogP contribution in [-0.4, -0.2) is 41.5 Å². The molecule has 0 saturated carbocycles. The Balaban J connectivity index is 1.67. The molecule has 0 bridgehead atoms. The molecule has 150 valence electrons. The number of nitrogens with zero attached hydrogens (tertiary/aromatic N) is 3. The Kier molecular flexibility index (Phi) is 5.44. The van der Waals surface area contributed by atoms with E-state index < -0.39 is 0 Å². The van der Waals surface area contributed by atoms with Crippen molar-refractivity contribution in [3.63, 3.8) is 0 Å². The molecule has 0 fully saturated rings. The smallest absolute Gasteiger partial charge is 0.252 e. The summed E-state index contributed by atoms with van der Waals surface area (Å²) in [4.78, 5) is 16.4. The van der Waals surface area contributed by atoms with Crippen LogP contribution in [0.1, 0.15) is 29.6 Å². The van der Waals surface area contributed by atoms with Crippen molar-refractivity contribution < 1.29 is 14.3 Å². The molecule has 3 aromatic rings. The molecule has 1 aliphatic rings. The van der Waals surface area contributed by atoms with Gasteiger partial charge < -0.3 is 14.8 Å². The van der Waals surface area contributed by atoms with Crippen LogP contribution >= 0.6 is 0 Å². The van der Waals surface area contributed by atoms with Crippen LogP contribution < -0.4 is 15.4 Å². The van der Waals surface area contributed by atoms with Crippen LogP contribution in [0, 0.1) is 0 Å². The van der Waals surface area contributed by atoms with Crippen molar-refractivity contribution in [3.05, 3.63) is 65.7 Å². The Morgan fingerprint density at radius 3 is 2.59 bits per heavy atom. The van der Waals surface area contributed by atoms with Crippen LogP contribution in [0.5, 0.6) is 5.75 Å². The van der Waals surface area contributed by atoms with Gasteiger partial charge in [-0.25, -0.2) is 4.68 Å². The molecule has 0 unspecified atom stereocenters. The second-order valence-corrected chi connectivity index (χ2v) is 6.82. The third-order valence-corrected chi connectivity index (χ3v) is 4.92. The summed E-state index contributed by atoms with van der Waals surface area (Å²) in [5.74, 6) is 1.39. The normalized spacial score (nSPS) is 17.9. The Bertz CT molecular complexity index is 972. The number of anilines is 2. The number of methoxy groups -OCH3 is 2. The predicted octanol–water partition coefficient (Wildman–Crippen LogP) is 3.02. The van der Waals surface area contributed by atoms with Crippen molar-refractivity contribution in [1.29, 1.82) is 0 Å². The second-order valence-electron chi connectivity index (χ2n) is 6.82. The van der Waals surface area contributed by atoms with E-state index in [4.69, 9.17) is 9.47 Å². The van der Waals surface area contributed by atoms with Gasteiger partial charge in [-0.3, -0.25) is 10.1 Å². The molecule has 4 rings (SSSR count). The fraction of sp³-hybridized carbons (Fsp3) is 0.286. The number of nitrogens with one attached hydrogen (secondary N) is 2. The number of aromatic nitrogens is 3. The number of rotatable bonds is 6. The van der Waals surface area contributed by atoms with Crippen molar-refractivity contribution in [3.8, 4) is 5.75 Å². The van der Waals surface area contributed by atoms with Crippen LogP contribution in [-0.2, 0) is 9.53 Å². The summed E-state index contributed by atoms with van der Waals surface area (Å²) >= 11 is 0. The summed E-state index contributed by atoms with van der Waals surface area (Å²) in [5.41, 5.74) is 2.26. The van der Waals surface area contributed by atoms with Gasteiger partial charge in [-0.15, -0.1) is 5.10 Å². The largest absolute Gasteiger partial charge is 0.497 e. The van der Waals surface area contributed by atoms with Gasteiger partial charge in [0.2, 0.25) is 5.95 Å². The topological polar surface area (TPSA) is 90.3 Å². The van der Waals surface area contributed by atoms with Crippen LogP contribution in [0.2, 0.25) is 0 Å². The van der Waals surface area contributed by atoms with Crippen molar-refractivity contribution >= 4 is 17.8 Å². The standard InChI is InChI=1S/C21H23N5O3/c1-28-13-19(27)23-20-24-21-22-17(14-8-10-16(29-2)11-9-14)12-18(26(21)25-20)15-6-4-3-5-7-15/h3-11,17-18H,12-13H2,1-2H3,(H2,22,23,24,25,27)/t17-,18+/m0/s1. The number of ether oxygens (including phenoxy) is 2. The maximum atomic E-state index is 11.9. The van der Waals surface area contributed by atoms with Crippen LogP contribution in [0.15, 0.2) is 54.6 Å². The van der Waals surface area contributed by atoms with Crippen molar-refractivity contribution in [1.82, 2.24) is 14.8 Å². The highest BCUT2D eigenvalue weighted by Gasteiger charge is 2.31. The molecule has 0 spiro atoms. The first-order valence-corrected chi connectivity index (χ1v) is 9.38. The van der Waals surface area contributed by atoms with Crippen LogP contribution in [0.3, 0.4) is 0 Å². The number of carbonyl (C=O) groups excluding carboxylic acids is 1. The minimum atomic E-state index is -0.293. The molecular formula is C21H23N5O3. The van der Waals surface area contributed by atoms with Gasteiger partial charge in [-0.05, 0) is 29.7 Å². The summed E-state index contributed by atoms with van der Waals surface area (Å²) in [6.45, 7) is -0.0477. The molecule has 1 aliphatic heterocycles. The van der Waals surface area contributed by atoms with Gasteiger partial charge in [0.15, 0.2) is 0 Å². The fourth-order valence-electron chi connectivity index (χ4n) is 3.53. The quantitative estimate of drug-likeness (QED) is 0.669. The predicted molar refractivity (Wildman–Crippen MR) is 109 cm³/mol. The van der Waals surface area contributed by atoms with E-state index in [1.54, 1.807) is 7.11 Å². The number of hydrogen-bond donors (Lipinski definition) is 2. The Labute approximate surface area is 168 Å². The van der Waals surface area contributed by atoms with E-state index >= 15 is 0 Å². The minimum Gasteiger partial charge on any atom is -0.497 e. The molecule has 0 radical (unpaired) electrons. The summed E-state index contributed by atoms with van der Waals surface area (Å²) in [6, 6.07) is 18.2. The van der Waals surface area contributed by atoms with E-state index in [0.29, 0.717) is 5.95 Å². The number of amides is 1. The van der Waals surface area contributed by atoms with Gasteiger partial charge in [0.25, 0.3) is 11.9 Å². The zero-order valence-corrected chi connectivity index (χ0v) is 16.3. The van der Waals surface area contributed by atoms with Gasteiger partial charge >= 0.3 is 0 Å². The Morgan fingerprint density at radius 1 is 1.14 bits per heavy atom. The summed E-state index contributed by atoms with van der Waals surface area (Å²) in [5, 5.41) is 10.6. The number of benzene rings is 2. The summed E-state index contributed by atoms with van der Waals surface area (Å²) < 4.78 is 12.0. The molecule has 29 heavy (non-hydrogen) atoms. The van der Waals surface area contributed by atoms with Crippen molar-refractivity contribution in [2.24, 2.45) is 0 Å². The molecular weight excluding hydrogens is 370 g/mol. The third-order valence-electron chi connectivity index (χ3n) is 4.92. The lowest BCUT2D eigenvalue weighted by atomic mass is 9.93. The first-order chi connectivity index (χ1) is 14.2. The third kappa shape index (κ3) is 4.07. The fourth-order valence-corrected chi connectivity index (χ4v) is 3.53. The molecule has 8 nitrogen and oxygen atoms in total. The Hall–Kier alpha value is -3.39. The lowest BCUT2D eigenvalue weighted by Crippen LogP contribution is -2.28. The lowest BCUT2D eigenvalue weighted by molar-refractivity contribution is -0.119. The average Bonchev–Trinajstić information content (AvgIpc) is 3.16. The second kappa shape index (κ2) is 8.32. The summed E-state index contributed by atoms with van der Waals surface area (Å²) in [7, 11) is 3.12. The average molecular weight is 393 g/mol. The first-order valence-electron chi connectivity index (χ1n) is 9.38. The molecule has 2 heterocycles. The molecule has 2 N–H and O–H groups in total. The number of hydrogen-bond acceptors (Lipinski definition) is 6. The van der Waals surface area contributed by atoms with Crippen LogP contribution in [0.4, 0.5) is 11.9 Å². The monoisotopic (exact) mass is 393 g/mol. The number of fused-ring (bicyclic) bond motifs is 1. The molecule has 1 amide bonds. The van der Waals surface area contributed by atoms with E-state index in [1.807, 2.05) is 47.1 Å². The maximum Gasteiger partial charge on any atom is 0.252 e. The molecule has 0 aliphatic carbocycles. The molecule has 2 aromatic carbocycles. The zero-order valence-electron chi connectivity index (χ0n) is 16.3.